The van der Waals surface area contributed by atoms with Crippen molar-refractivity contribution in [1.29, 1.82) is 0 Å². The number of rotatable bonds is 7. The molecule has 0 aliphatic carbocycles. The van der Waals surface area contributed by atoms with Gasteiger partial charge in [0, 0.05) is 18.0 Å². The summed E-state index contributed by atoms with van der Waals surface area (Å²) in [5, 5.41) is 2.54. The number of hydrogen-bond acceptors (Lipinski definition) is 2. The lowest BCUT2D eigenvalue weighted by molar-refractivity contribution is -0.120. The number of benzene rings is 1. The van der Waals surface area contributed by atoms with Crippen molar-refractivity contribution in [1.82, 2.24) is 5.32 Å². The van der Waals surface area contributed by atoms with Crippen LogP contribution in [-0.4, -0.2) is 31.5 Å². The molecule has 0 radical (unpaired) electrons. The zero-order valence-corrected chi connectivity index (χ0v) is 10.5. The third-order valence-electron chi connectivity index (χ3n) is 2.17. The van der Waals surface area contributed by atoms with Crippen LogP contribution in [0.2, 0.25) is 0 Å². The number of carbonyl (C=O) groups is 1. The van der Waals surface area contributed by atoms with Crippen molar-refractivity contribution < 1.29 is 18.3 Å². The van der Waals surface area contributed by atoms with Gasteiger partial charge in [-0.2, -0.15) is 0 Å². The molecule has 3 nitrogen and oxygen atoms in total. The first kappa shape index (κ1) is 14.9. The van der Waals surface area contributed by atoms with Crippen LogP contribution in [0.15, 0.2) is 18.2 Å². The first-order valence-electron chi connectivity index (χ1n) is 5.48. The number of hydrogen-bond donors (Lipinski definition) is 1. The molecule has 0 heterocycles. The van der Waals surface area contributed by atoms with Crippen LogP contribution in [0.25, 0.3) is 0 Å². The van der Waals surface area contributed by atoms with E-state index >= 15 is 0 Å². The fourth-order valence-electron chi connectivity index (χ4n) is 1.34. The summed E-state index contributed by atoms with van der Waals surface area (Å²) in [6.07, 6.45) is -0.195. The topological polar surface area (TPSA) is 38.3 Å². The van der Waals surface area contributed by atoms with Crippen LogP contribution in [0, 0.1) is 11.6 Å². The molecule has 1 N–H and O–H groups in total. The molecular weight excluding hydrogens is 264 g/mol. The molecule has 0 fully saturated rings. The minimum absolute atomic E-state index is 0.0363. The Bertz CT molecular complexity index is 402. The van der Waals surface area contributed by atoms with E-state index in [0.717, 1.165) is 6.07 Å². The van der Waals surface area contributed by atoms with Crippen LogP contribution in [0.5, 0.6) is 0 Å². The van der Waals surface area contributed by atoms with Gasteiger partial charge in [0.05, 0.1) is 19.6 Å². The zero-order valence-electron chi connectivity index (χ0n) is 9.72. The SMILES string of the molecule is O=C(Cc1cccc(F)c1F)NCCOCCCl. The molecule has 100 valence electrons. The number of alkyl halides is 1. The molecule has 0 unspecified atom stereocenters. The molecule has 18 heavy (non-hydrogen) atoms. The lowest BCUT2D eigenvalue weighted by Crippen LogP contribution is -2.29. The van der Waals surface area contributed by atoms with Gasteiger partial charge in [0.2, 0.25) is 5.91 Å². The lowest BCUT2D eigenvalue weighted by Gasteiger charge is -2.06. The van der Waals surface area contributed by atoms with E-state index in [-0.39, 0.29) is 17.9 Å². The Hall–Kier alpha value is -1.20. The van der Waals surface area contributed by atoms with Crippen molar-refractivity contribution in [3.63, 3.8) is 0 Å². The Balaban J connectivity index is 2.34. The molecule has 0 spiro atoms. The van der Waals surface area contributed by atoms with Crippen molar-refractivity contribution in [2.75, 3.05) is 25.6 Å². The Morgan fingerprint density at radius 3 is 2.83 bits per heavy atom. The third kappa shape index (κ3) is 4.98. The van der Waals surface area contributed by atoms with E-state index in [0.29, 0.717) is 25.6 Å². The van der Waals surface area contributed by atoms with Crippen LogP contribution >= 0.6 is 11.6 Å². The molecule has 0 saturated carbocycles. The van der Waals surface area contributed by atoms with Gasteiger partial charge in [-0.25, -0.2) is 8.78 Å². The van der Waals surface area contributed by atoms with Crippen molar-refractivity contribution in [3.05, 3.63) is 35.4 Å². The molecule has 6 heteroatoms. The quantitative estimate of drug-likeness (QED) is 0.610. The highest BCUT2D eigenvalue weighted by atomic mass is 35.5. The molecular formula is C12H14ClF2NO2. The molecule has 0 aliphatic rings. The van der Waals surface area contributed by atoms with Crippen LogP contribution in [0.3, 0.4) is 0 Å². The maximum Gasteiger partial charge on any atom is 0.224 e. The largest absolute Gasteiger partial charge is 0.378 e. The number of ether oxygens (including phenoxy) is 1. The summed E-state index contributed by atoms with van der Waals surface area (Å²) in [4.78, 5) is 11.4. The molecule has 0 aromatic heterocycles. The molecule has 0 saturated heterocycles. The summed E-state index contributed by atoms with van der Waals surface area (Å²) in [5.74, 6) is -1.92. The summed E-state index contributed by atoms with van der Waals surface area (Å²) >= 11 is 5.39. The van der Waals surface area contributed by atoms with E-state index in [1.807, 2.05) is 0 Å². The molecule has 1 aromatic carbocycles. The third-order valence-corrected chi connectivity index (χ3v) is 2.33. The Labute approximate surface area is 109 Å². The van der Waals surface area contributed by atoms with E-state index in [1.165, 1.54) is 12.1 Å². The summed E-state index contributed by atoms with van der Waals surface area (Å²) < 4.78 is 31.2. The minimum atomic E-state index is -0.981. The number of halogens is 3. The van der Waals surface area contributed by atoms with Gasteiger partial charge in [0.1, 0.15) is 0 Å². The van der Waals surface area contributed by atoms with E-state index in [4.69, 9.17) is 16.3 Å². The van der Waals surface area contributed by atoms with Crippen molar-refractivity contribution in [2.24, 2.45) is 0 Å². The number of amides is 1. The molecule has 0 atom stereocenters. The van der Waals surface area contributed by atoms with Gasteiger partial charge >= 0.3 is 0 Å². The van der Waals surface area contributed by atoms with Gasteiger partial charge in [-0.15, -0.1) is 11.6 Å². The summed E-state index contributed by atoms with van der Waals surface area (Å²) in [6.45, 7) is 1.06. The van der Waals surface area contributed by atoms with Crippen molar-refractivity contribution >= 4 is 17.5 Å². The summed E-state index contributed by atoms with van der Waals surface area (Å²) in [7, 11) is 0. The fourth-order valence-corrected chi connectivity index (χ4v) is 1.45. The second kappa shape index (κ2) is 8.00. The molecule has 0 bridgehead atoms. The van der Waals surface area contributed by atoms with Gasteiger partial charge in [0.25, 0.3) is 0 Å². The van der Waals surface area contributed by atoms with Crippen LogP contribution in [0.4, 0.5) is 8.78 Å². The molecule has 1 amide bonds. The normalized spacial score (nSPS) is 10.4. The smallest absolute Gasteiger partial charge is 0.224 e. The van der Waals surface area contributed by atoms with E-state index < -0.39 is 11.6 Å². The highest BCUT2D eigenvalue weighted by Gasteiger charge is 2.11. The van der Waals surface area contributed by atoms with E-state index in [1.54, 1.807) is 0 Å². The minimum Gasteiger partial charge on any atom is -0.378 e. The number of nitrogens with one attached hydrogen (secondary N) is 1. The van der Waals surface area contributed by atoms with E-state index in [9.17, 15) is 13.6 Å². The van der Waals surface area contributed by atoms with Gasteiger partial charge in [-0.05, 0) is 6.07 Å². The zero-order chi connectivity index (χ0) is 13.4. The predicted octanol–water partition coefficient (Wildman–Crippen LogP) is 1.88. The second-order valence-electron chi connectivity index (χ2n) is 3.54. The van der Waals surface area contributed by atoms with Gasteiger partial charge in [0.15, 0.2) is 11.6 Å². The Morgan fingerprint density at radius 1 is 1.33 bits per heavy atom. The van der Waals surface area contributed by atoms with Crippen LogP contribution < -0.4 is 5.32 Å². The predicted molar refractivity (Wildman–Crippen MR) is 64.6 cm³/mol. The molecule has 1 aromatic rings. The van der Waals surface area contributed by atoms with Crippen molar-refractivity contribution in [2.45, 2.75) is 6.42 Å². The van der Waals surface area contributed by atoms with Crippen molar-refractivity contribution in [3.8, 4) is 0 Å². The Kier molecular flexibility index (Phi) is 6.60. The fraction of sp³-hybridized carbons (Fsp3) is 0.417. The first-order chi connectivity index (χ1) is 8.65. The van der Waals surface area contributed by atoms with E-state index in [2.05, 4.69) is 5.32 Å². The maximum atomic E-state index is 13.3. The standard InChI is InChI=1S/C12H14ClF2NO2/c13-4-6-18-7-5-16-11(17)8-9-2-1-3-10(14)12(9)15/h1-3H,4-8H2,(H,16,17). The highest BCUT2D eigenvalue weighted by molar-refractivity contribution is 6.17. The lowest BCUT2D eigenvalue weighted by atomic mass is 10.1. The maximum absolute atomic E-state index is 13.3. The highest BCUT2D eigenvalue weighted by Crippen LogP contribution is 2.11. The van der Waals surface area contributed by atoms with Gasteiger partial charge < -0.3 is 10.1 Å². The summed E-state index contributed by atoms with van der Waals surface area (Å²) in [6, 6.07) is 3.75. The Morgan fingerprint density at radius 2 is 2.11 bits per heavy atom. The average Bonchev–Trinajstić information content (AvgIpc) is 2.35. The average molecular weight is 278 g/mol. The monoisotopic (exact) mass is 277 g/mol. The molecule has 0 aliphatic heterocycles. The summed E-state index contributed by atoms with van der Waals surface area (Å²) in [5.41, 5.74) is 0.0363. The van der Waals surface area contributed by atoms with Gasteiger partial charge in [-0.3, -0.25) is 4.79 Å². The first-order valence-corrected chi connectivity index (χ1v) is 6.02. The van der Waals surface area contributed by atoms with Crippen LogP contribution in [0.1, 0.15) is 5.56 Å². The van der Waals surface area contributed by atoms with Crippen LogP contribution in [-0.2, 0) is 16.0 Å². The second-order valence-corrected chi connectivity index (χ2v) is 3.92. The molecule has 1 rings (SSSR count). The number of carbonyl (C=O) groups excluding carboxylic acids is 1. The van der Waals surface area contributed by atoms with Gasteiger partial charge in [-0.1, -0.05) is 12.1 Å².